The quantitative estimate of drug-likeness (QED) is 0.241. The average Bonchev–Trinajstić information content (AvgIpc) is 3.44. The Morgan fingerprint density at radius 1 is 0.909 bits per heavy atom. The minimum Gasteiger partial charge on any atom is -0.396 e. The van der Waals surface area contributed by atoms with Crippen LogP contribution in [-0.4, -0.2) is 61.7 Å². The molecule has 0 fully saturated rings. The van der Waals surface area contributed by atoms with Crippen molar-refractivity contribution in [1.82, 2.24) is 20.4 Å². The molecule has 0 spiro atoms. The number of aromatic nitrogens is 4. The molecule has 184 valence electrons. The number of nitrogens with zero attached hydrogens (tertiary/aromatic N) is 4. The molecule has 0 saturated carbocycles. The number of nitrogens with one attached hydrogen (secondary N) is 2. The first-order valence-corrected chi connectivity index (χ1v) is 12.6. The van der Waals surface area contributed by atoms with Crippen LogP contribution in [0, 0.1) is 17.8 Å². The van der Waals surface area contributed by atoms with Crippen LogP contribution in [0.2, 0.25) is 0 Å². The van der Waals surface area contributed by atoms with Gasteiger partial charge in [0, 0.05) is 38.0 Å². The number of rotatable bonds is 14. The molecule has 6 N–H and O–H groups in total. The van der Waals surface area contributed by atoms with Crippen LogP contribution in [0.4, 0.5) is 10.3 Å². The number of unbranched alkanes of at least 4 members (excludes halogenated alkanes) is 1. The van der Waals surface area contributed by atoms with Crippen LogP contribution in [0.5, 0.6) is 0 Å². The van der Waals surface area contributed by atoms with Crippen LogP contribution in [-0.2, 0) is 22.4 Å². The second kappa shape index (κ2) is 13.6. The smallest absolute Gasteiger partial charge is 0.230 e. The van der Waals surface area contributed by atoms with E-state index in [9.17, 15) is 14.7 Å². The van der Waals surface area contributed by atoms with Crippen LogP contribution in [0.25, 0.3) is 0 Å². The van der Waals surface area contributed by atoms with Crippen molar-refractivity contribution in [3.8, 4) is 0 Å². The van der Waals surface area contributed by atoms with Crippen molar-refractivity contribution in [2.75, 3.05) is 23.8 Å². The lowest BCUT2D eigenvalue weighted by molar-refractivity contribution is -0.121. The summed E-state index contributed by atoms with van der Waals surface area (Å²) in [6.07, 6.45) is 3.61. The zero-order valence-electron chi connectivity index (χ0n) is 19.2. The van der Waals surface area contributed by atoms with Crippen molar-refractivity contribution in [3.05, 3.63) is 10.0 Å². The van der Waals surface area contributed by atoms with Crippen molar-refractivity contribution in [3.63, 3.8) is 0 Å². The fourth-order valence-corrected chi connectivity index (χ4v) is 4.49. The van der Waals surface area contributed by atoms with E-state index in [1.807, 2.05) is 0 Å². The highest BCUT2D eigenvalue weighted by Crippen LogP contribution is 2.21. The molecule has 0 bridgehead atoms. The third-order valence-electron chi connectivity index (χ3n) is 5.37. The minimum atomic E-state index is -0.459. The Hall–Kier alpha value is -2.06. The van der Waals surface area contributed by atoms with Gasteiger partial charge in [-0.1, -0.05) is 43.4 Å². The van der Waals surface area contributed by atoms with E-state index in [1.54, 1.807) is 20.8 Å². The Morgan fingerprint density at radius 2 is 1.42 bits per heavy atom. The molecule has 2 rings (SSSR count). The van der Waals surface area contributed by atoms with Gasteiger partial charge in [0.05, 0.1) is 5.92 Å². The number of carbonyl (C=O) groups excluding carboxylic acids is 2. The lowest BCUT2D eigenvalue weighted by Gasteiger charge is -2.23. The number of aliphatic hydroxyl groups is 2. The summed E-state index contributed by atoms with van der Waals surface area (Å²) in [5.41, 5.74) is 6.02. The molecule has 33 heavy (non-hydrogen) atoms. The summed E-state index contributed by atoms with van der Waals surface area (Å²) in [7, 11) is 0. The summed E-state index contributed by atoms with van der Waals surface area (Å²) in [4.78, 5) is 24.3. The summed E-state index contributed by atoms with van der Waals surface area (Å²) in [5, 5.41) is 42.5. The number of hydrogen-bond acceptors (Lipinski definition) is 11. The molecule has 0 radical (unpaired) electrons. The van der Waals surface area contributed by atoms with Gasteiger partial charge >= 0.3 is 0 Å². The lowest BCUT2D eigenvalue weighted by Crippen LogP contribution is -2.42. The number of carbonyl (C=O) groups is 2. The van der Waals surface area contributed by atoms with Crippen LogP contribution >= 0.6 is 22.7 Å². The number of hydrogen-bond donors (Lipinski definition) is 5. The van der Waals surface area contributed by atoms with Crippen molar-refractivity contribution in [2.24, 2.45) is 23.5 Å². The lowest BCUT2D eigenvalue weighted by atomic mass is 9.91. The number of aryl methyl sites for hydroxylation is 2. The molecule has 0 aromatic carbocycles. The van der Waals surface area contributed by atoms with Gasteiger partial charge in [-0.05, 0) is 25.2 Å². The van der Waals surface area contributed by atoms with E-state index in [0.717, 1.165) is 35.7 Å². The summed E-state index contributed by atoms with van der Waals surface area (Å²) < 4.78 is 0. The van der Waals surface area contributed by atoms with E-state index >= 15 is 0 Å². The molecule has 2 aromatic heterocycles. The van der Waals surface area contributed by atoms with E-state index in [4.69, 9.17) is 10.8 Å². The third kappa shape index (κ3) is 8.66. The molecule has 0 saturated heterocycles. The SMILES string of the molecule is CC(CCO)C(=O)Nc1nnc(CCCCc2nnc(NC(=O)C(C)C(N)C(C)CO)s2)s1. The molecule has 2 heterocycles. The first-order chi connectivity index (χ1) is 15.7. The summed E-state index contributed by atoms with van der Waals surface area (Å²) in [5.74, 6) is -1.33. The van der Waals surface area contributed by atoms with E-state index in [0.29, 0.717) is 16.7 Å². The molecule has 0 aliphatic heterocycles. The number of aliphatic hydroxyl groups excluding tert-OH is 2. The molecule has 4 unspecified atom stereocenters. The zero-order chi connectivity index (χ0) is 24.4. The highest BCUT2D eigenvalue weighted by molar-refractivity contribution is 7.15. The third-order valence-corrected chi connectivity index (χ3v) is 7.17. The van der Waals surface area contributed by atoms with Crippen molar-refractivity contribution in [2.45, 2.75) is 58.9 Å². The van der Waals surface area contributed by atoms with Gasteiger partial charge in [-0.3, -0.25) is 9.59 Å². The van der Waals surface area contributed by atoms with Gasteiger partial charge in [0.2, 0.25) is 22.1 Å². The van der Waals surface area contributed by atoms with E-state index in [2.05, 4.69) is 31.0 Å². The van der Waals surface area contributed by atoms with Crippen molar-refractivity contribution >= 4 is 44.8 Å². The highest BCUT2D eigenvalue weighted by Gasteiger charge is 2.26. The molecule has 2 amide bonds. The summed E-state index contributed by atoms with van der Waals surface area (Å²) in [6, 6.07) is -0.444. The Kier molecular flexibility index (Phi) is 11.2. The highest BCUT2D eigenvalue weighted by atomic mass is 32.1. The molecule has 0 aliphatic carbocycles. The van der Waals surface area contributed by atoms with E-state index in [1.165, 1.54) is 22.7 Å². The Labute approximate surface area is 201 Å². The molecule has 0 aliphatic rings. The first kappa shape index (κ1) is 27.2. The maximum atomic E-state index is 12.4. The standard InChI is InChI=1S/C20H33N7O4S2/c1-11(8-9-28)17(30)22-19-26-24-14(32-19)6-4-5-7-15-25-27-20(33-15)23-18(31)13(3)16(21)12(2)10-29/h11-13,16,28-29H,4-10,21H2,1-3H3,(H,22,26,30)(H,23,27,31). The van der Waals surface area contributed by atoms with Crippen LogP contribution < -0.4 is 16.4 Å². The summed E-state index contributed by atoms with van der Waals surface area (Å²) in [6.45, 7) is 5.18. The normalized spacial score (nSPS) is 15.0. The second-order valence-electron chi connectivity index (χ2n) is 8.13. The van der Waals surface area contributed by atoms with E-state index < -0.39 is 12.0 Å². The largest absolute Gasteiger partial charge is 0.396 e. The fraction of sp³-hybridized carbons (Fsp3) is 0.700. The molecular weight excluding hydrogens is 466 g/mol. The summed E-state index contributed by atoms with van der Waals surface area (Å²) >= 11 is 2.68. The monoisotopic (exact) mass is 499 g/mol. The number of nitrogens with two attached hydrogens (primary N) is 1. The fourth-order valence-electron chi connectivity index (χ4n) is 2.92. The van der Waals surface area contributed by atoms with Gasteiger partial charge < -0.3 is 26.6 Å². The van der Waals surface area contributed by atoms with Gasteiger partial charge in [-0.2, -0.15) is 0 Å². The van der Waals surface area contributed by atoms with Gasteiger partial charge in [-0.25, -0.2) is 0 Å². The maximum absolute atomic E-state index is 12.4. The van der Waals surface area contributed by atoms with Gasteiger partial charge in [0.25, 0.3) is 0 Å². The van der Waals surface area contributed by atoms with Crippen molar-refractivity contribution in [1.29, 1.82) is 0 Å². The number of anilines is 2. The zero-order valence-corrected chi connectivity index (χ0v) is 20.8. The molecule has 11 nitrogen and oxygen atoms in total. The Morgan fingerprint density at radius 3 is 1.91 bits per heavy atom. The van der Waals surface area contributed by atoms with E-state index in [-0.39, 0.29) is 36.9 Å². The number of amides is 2. The predicted octanol–water partition coefficient (Wildman–Crippen LogP) is 1.44. The predicted molar refractivity (Wildman–Crippen MR) is 128 cm³/mol. The minimum absolute atomic E-state index is 0.0321. The molecular formula is C20H33N7O4S2. The molecule has 13 heteroatoms. The van der Waals surface area contributed by atoms with Gasteiger partial charge in [0.1, 0.15) is 10.0 Å². The van der Waals surface area contributed by atoms with Crippen LogP contribution in [0.1, 0.15) is 50.0 Å². The van der Waals surface area contributed by atoms with Crippen LogP contribution in [0.15, 0.2) is 0 Å². The maximum Gasteiger partial charge on any atom is 0.230 e. The van der Waals surface area contributed by atoms with Crippen LogP contribution in [0.3, 0.4) is 0 Å². The molecule has 2 aromatic rings. The molecule has 4 atom stereocenters. The topological polar surface area (TPSA) is 176 Å². The van der Waals surface area contributed by atoms with Gasteiger partial charge in [-0.15, -0.1) is 20.4 Å². The first-order valence-electron chi connectivity index (χ1n) is 11.0. The van der Waals surface area contributed by atoms with Gasteiger partial charge in [0.15, 0.2) is 0 Å². The van der Waals surface area contributed by atoms with Crippen molar-refractivity contribution < 1.29 is 19.8 Å². The Balaban J connectivity index is 1.72. The average molecular weight is 500 g/mol. The Bertz CT molecular complexity index is 891. The second-order valence-corrected chi connectivity index (χ2v) is 10.3.